The number of hydrogen-bond acceptors (Lipinski definition) is 2. The topological polar surface area (TPSA) is 77.8 Å². The van der Waals surface area contributed by atoms with E-state index >= 15 is 0 Å². The molecule has 0 aromatic carbocycles. The van der Waals surface area contributed by atoms with E-state index in [9.17, 15) is 9.59 Å². The van der Waals surface area contributed by atoms with Crippen LogP contribution in [0.3, 0.4) is 0 Å². The molecule has 5 heteroatoms. The lowest BCUT2D eigenvalue weighted by Gasteiger charge is -2.35. The predicted molar refractivity (Wildman–Crippen MR) is 49.1 cm³/mol. The van der Waals surface area contributed by atoms with Gasteiger partial charge in [-0.15, -0.1) is 6.58 Å². The van der Waals surface area contributed by atoms with Crippen LogP contribution in [-0.2, 0) is 4.79 Å². The maximum Gasteiger partial charge on any atom is 0.407 e. The van der Waals surface area contributed by atoms with E-state index in [-0.39, 0.29) is 13.1 Å². The van der Waals surface area contributed by atoms with E-state index in [0.717, 1.165) is 0 Å². The first-order chi connectivity index (χ1) is 6.52. The summed E-state index contributed by atoms with van der Waals surface area (Å²) in [6, 6.07) is 0. The first-order valence-electron chi connectivity index (χ1n) is 4.37. The smallest absolute Gasteiger partial charge is 0.407 e. The average molecular weight is 199 g/mol. The molecule has 0 atom stereocenters. The highest BCUT2D eigenvalue weighted by atomic mass is 16.4. The SMILES string of the molecule is C=CC1(C(=O)O)CCN(C(=O)O)CC1. The Morgan fingerprint density at radius 3 is 2.07 bits per heavy atom. The Bertz CT molecular complexity index is 266. The third-order valence-electron chi connectivity index (χ3n) is 2.74. The summed E-state index contributed by atoms with van der Waals surface area (Å²) in [6.07, 6.45) is 1.03. The molecule has 0 bridgehead atoms. The number of aliphatic carboxylic acids is 1. The van der Waals surface area contributed by atoms with Crippen LogP contribution < -0.4 is 0 Å². The minimum absolute atomic E-state index is 0.258. The molecule has 0 radical (unpaired) electrons. The molecular weight excluding hydrogens is 186 g/mol. The van der Waals surface area contributed by atoms with Crippen LogP contribution in [0, 0.1) is 5.41 Å². The van der Waals surface area contributed by atoms with Gasteiger partial charge in [-0.25, -0.2) is 4.79 Å². The van der Waals surface area contributed by atoms with E-state index in [1.165, 1.54) is 11.0 Å². The molecule has 0 spiro atoms. The minimum Gasteiger partial charge on any atom is -0.481 e. The van der Waals surface area contributed by atoms with Crippen molar-refractivity contribution in [2.24, 2.45) is 5.41 Å². The van der Waals surface area contributed by atoms with Gasteiger partial charge in [-0.05, 0) is 12.8 Å². The highest BCUT2D eigenvalue weighted by Gasteiger charge is 2.39. The second-order valence-corrected chi connectivity index (χ2v) is 3.44. The maximum atomic E-state index is 10.9. The molecule has 0 unspecified atom stereocenters. The summed E-state index contributed by atoms with van der Waals surface area (Å²) in [5.74, 6) is -0.919. The van der Waals surface area contributed by atoms with Crippen molar-refractivity contribution in [3.8, 4) is 0 Å². The normalized spacial score (nSPS) is 20.1. The largest absolute Gasteiger partial charge is 0.481 e. The number of amides is 1. The minimum atomic E-state index is -0.993. The molecule has 1 aliphatic heterocycles. The van der Waals surface area contributed by atoms with Crippen LogP contribution >= 0.6 is 0 Å². The van der Waals surface area contributed by atoms with Gasteiger partial charge < -0.3 is 15.1 Å². The van der Waals surface area contributed by atoms with Crippen molar-refractivity contribution in [3.63, 3.8) is 0 Å². The van der Waals surface area contributed by atoms with Gasteiger partial charge in [0.25, 0.3) is 0 Å². The summed E-state index contributed by atoms with van der Waals surface area (Å²) >= 11 is 0. The Kier molecular flexibility index (Phi) is 2.78. The fourth-order valence-corrected chi connectivity index (χ4v) is 1.60. The molecular formula is C9H13NO4. The summed E-state index contributed by atoms with van der Waals surface area (Å²) in [5.41, 5.74) is -0.939. The number of carbonyl (C=O) groups is 2. The number of piperidine rings is 1. The fraction of sp³-hybridized carbons (Fsp3) is 0.556. The fourth-order valence-electron chi connectivity index (χ4n) is 1.60. The quantitative estimate of drug-likeness (QED) is 0.651. The molecule has 1 amide bonds. The van der Waals surface area contributed by atoms with Crippen molar-refractivity contribution < 1.29 is 19.8 Å². The van der Waals surface area contributed by atoms with Crippen molar-refractivity contribution in [1.29, 1.82) is 0 Å². The zero-order valence-electron chi connectivity index (χ0n) is 7.77. The van der Waals surface area contributed by atoms with Gasteiger partial charge >= 0.3 is 12.1 Å². The van der Waals surface area contributed by atoms with E-state index in [1.54, 1.807) is 0 Å². The van der Waals surface area contributed by atoms with Crippen molar-refractivity contribution in [3.05, 3.63) is 12.7 Å². The van der Waals surface area contributed by atoms with Gasteiger partial charge in [0, 0.05) is 13.1 Å². The van der Waals surface area contributed by atoms with Gasteiger partial charge in [0.15, 0.2) is 0 Å². The molecule has 1 saturated heterocycles. The van der Waals surface area contributed by atoms with E-state index < -0.39 is 17.5 Å². The Labute approximate surface area is 81.6 Å². The number of hydrogen-bond donors (Lipinski definition) is 2. The standard InChI is InChI=1S/C9H13NO4/c1-2-9(7(11)12)3-5-10(6-4-9)8(13)14/h2H,1,3-6H2,(H,11,12)(H,13,14). The number of carboxylic acid groups (broad SMARTS) is 2. The zero-order chi connectivity index (χ0) is 10.8. The Hall–Kier alpha value is -1.52. The number of rotatable bonds is 2. The third kappa shape index (κ3) is 1.71. The molecule has 1 aliphatic rings. The van der Waals surface area contributed by atoms with Gasteiger partial charge in [0.2, 0.25) is 0 Å². The Morgan fingerprint density at radius 1 is 1.29 bits per heavy atom. The average Bonchev–Trinajstić information content (AvgIpc) is 2.17. The van der Waals surface area contributed by atoms with Crippen LogP contribution in [-0.4, -0.2) is 40.3 Å². The van der Waals surface area contributed by atoms with E-state index in [1.807, 2.05) is 0 Å². The maximum absolute atomic E-state index is 10.9. The van der Waals surface area contributed by atoms with Crippen molar-refractivity contribution >= 4 is 12.1 Å². The molecule has 5 nitrogen and oxygen atoms in total. The molecule has 14 heavy (non-hydrogen) atoms. The van der Waals surface area contributed by atoms with Crippen LogP contribution in [0.2, 0.25) is 0 Å². The van der Waals surface area contributed by atoms with Gasteiger partial charge in [0.05, 0.1) is 5.41 Å². The Balaban J connectivity index is 2.68. The molecule has 78 valence electrons. The molecule has 1 fully saturated rings. The van der Waals surface area contributed by atoms with E-state index in [4.69, 9.17) is 10.2 Å². The lowest BCUT2D eigenvalue weighted by molar-refractivity contribution is -0.148. The number of likely N-dealkylation sites (tertiary alicyclic amines) is 1. The van der Waals surface area contributed by atoms with Crippen LogP contribution in [0.1, 0.15) is 12.8 Å². The van der Waals surface area contributed by atoms with Crippen LogP contribution in [0.4, 0.5) is 4.79 Å². The molecule has 2 N–H and O–H groups in total. The summed E-state index contributed by atoms with van der Waals surface area (Å²) in [5, 5.41) is 17.6. The van der Waals surface area contributed by atoms with Gasteiger partial charge in [0.1, 0.15) is 0 Å². The second kappa shape index (κ2) is 3.69. The van der Waals surface area contributed by atoms with E-state index in [0.29, 0.717) is 12.8 Å². The van der Waals surface area contributed by atoms with Crippen molar-refractivity contribution in [1.82, 2.24) is 4.90 Å². The highest BCUT2D eigenvalue weighted by molar-refractivity contribution is 5.77. The summed E-state index contributed by atoms with van der Waals surface area (Å²) in [6.45, 7) is 4.02. The van der Waals surface area contributed by atoms with E-state index in [2.05, 4.69) is 6.58 Å². The first kappa shape index (κ1) is 10.6. The molecule has 0 aliphatic carbocycles. The van der Waals surface area contributed by atoms with Crippen LogP contribution in [0.25, 0.3) is 0 Å². The lowest BCUT2D eigenvalue weighted by atomic mass is 9.79. The van der Waals surface area contributed by atoms with Crippen LogP contribution in [0.5, 0.6) is 0 Å². The highest BCUT2D eigenvalue weighted by Crippen LogP contribution is 2.32. The summed E-state index contributed by atoms with van der Waals surface area (Å²) in [4.78, 5) is 22.7. The molecule has 1 heterocycles. The number of nitrogens with zero attached hydrogens (tertiary/aromatic N) is 1. The van der Waals surface area contributed by atoms with Gasteiger partial charge in [-0.2, -0.15) is 0 Å². The molecule has 1 rings (SSSR count). The number of carboxylic acids is 1. The summed E-state index contributed by atoms with van der Waals surface area (Å²) < 4.78 is 0. The van der Waals surface area contributed by atoms with Gasteiger partial charge in [-0.3, -0.25) is 4.79 Å². The Morgan fingerprint density at radius 2 is 1.79 bits per heavy atom. The zero-order valence-corrected chi connectivity index (χ0v) is 7.77. The summed E-state index contributed by atoms with van der Waals surface area (Å²) in [7, 11) is 0. The molecule has 0 aromatic rings. The van der Waals surface area contributed by atoms with Gasteiger partial charge in [-0.1, -0.05) is 6.08 Å². The monoisotopic (exact) mass is 199 g/mol. The molecule has 0 saturated carbocycles. The van der Waals surface area contributed by atoms with Crippen molar-refractivity contribution in [2.45, 2.75) is 12.8 Å². The van der Waals surface area contributed by atoms with Crippen LogP contribution in [0.15, 0.2) is 12.7 Å². The molecule has 0 aromatic heterocycles. The van der Waals surface area contributed by atoms with Crippen molar-refractivity contribution in [2.75, 3.05) is 13.1 Å². The lowest BCUT2D eigenvalue weighted by Crippen LogP contribution is -2.45. The first-order valence-corrected chi connectivity index (χ1v) is 4.37. The third-order valence-corrected chi connectivity index (χ3v) is 2.74. The predicted octanol–water partition coefficient (Wildman–Crippen LogP) is 1.02. The second-order valence-electron chi connectivity index (χ2n) is 3.44.